The van der Waals surface area contributed by atoms with Gasteiger partial charge in [-0.25, -0.2) is 23.5 Å². The van der Waals surface area contributed by atoms with E-state index in [9.17, 15) is 13.6 Å². The number of ether oxygens (including phenoxy) is 1. The van der Waals surface area contributed by atoms with Gasteiger partial charge < -0.3 is 4.74 Å². The molecule has 1 amide bonds. The van der Waals surface area contributed by atoms with Crippen LogP contribution in [0.5, 0.6) is 5.75 Å². The van der Waals surface area contributed by atoms with E-state index < -0.39 is 17.7 Å². The van der Waals surface area contributed by atoms with Gasteiger partial charge in [-0.2, -0.15) is 0 Å². The molecule has 0 aliphatic heterocycles. The highest BCUT2D eigenvalue weighted by Crippen LogP contribution is 2.19. The summed E-state index contributed by atoms with van der Waals surface area (Å²) in [6.07, 6.45) is 2.26. The first kappa shape index (κ1) is 15.2. The molecule has 0 atom stereocenters. The van der Waals surface area contributed by atoms with Crippen LogP contribution in [0, 0.1) is 18.6 Å². The molecule has 8 heteroatoms. The van der Waals surface area contributed by atoms with Gasteiger partial charge in [0.1, 0.15) is 11.6 Å². The molecule has 2 rings (SSSR count). The van der Waals surface area contributed by atoms with E-state index in [0.717, 1.165) is 12.1 Å². The Balaban J connectivity index is 2.08. The van der Waals surface area contributed by atoms with E-state index in [-0.39, 0.29) is 11.4 Å². The molecule has 110 valence electrons. The molecule has 0 aliphatic rings. The van der Waals surface area contributed by atoms with Gasteiger partial charge in [0.05, 0.1) is 17.6 Å². The number of anilines is 1. The number of nitrogens with zero attached hydrogens (tertiary/aromatic N) is 2. The van der Waals surface area contributed by atoms with Crippen LogP contribution >= 0.6 is 11.8 Å². The van der Waals surface area contributed by atoms with Crippen LogP contribution in [0.15, 0.2) is 29.6 Å². The van der Waals surface area contributed by atoms with E-state index in [4.69, 9.17) is 4.74 Å². The Kier molecular flexibility index (Phi) is 4.69. The number of carbonyl (C=O) groups is 1. The molecule has 0 spiro atoms. The summed E-state index contributed by atoms with van der Waals surface area (Å²) >= 11 is 1.35. The van der Waals surface area contributed by atoms with Gasteiger partial charge in [0, 0.05) is 6.07 Å². The van der Waals surface area contributed by atoms with Crippen LogP contribution in [0.1, 0.15) is 5.69 Å². The summed E-state index contributed by atoms with van der Waals surface area (Å²) in [5.74, 6) is -1.46. The molecule has 21 heavy (non-hydrogen) atoms. The molecule has 1 aromatic heterocycles. The molecule has 0 saturated carbocycles. The Morgan fingerprint density at radius 3 is 2.76 bits per heavy atom. The third kappa shape index (κ3) is 3.88. The molecule has 5 nitrogen and oxygen atoms in total. The largest absolute Gasteiger partial charge is 0.417 e. The van der Waals surface area contributed by atoms with Crippen molar-refractivity contribution in [3.05, 3.63) is 41.7 Å². The van der Waals surface area contributed by atoms with Crippen molar-refractivity contribution in [3.63, 3.8) is 0 Å². The van der Waals surface area contributed by atoms with Gasteiger partial charge in [0.15, 0.2) is 10.9 Å². The Morgan fingerprint density at radius 1 is 1.38 bits per heavy atom. The van der Waals surface area contributed by atoms with E-state index in [1.807, 2.05) is 6.26 Å². The molecule has 0 fully saturated rings. The average Bonchev–Trinajstić information content (AvgIpc) is 2.44. The van der Waals surface area contributed by atoms with E-state index in [1.165, 1.54) is 18.0 Å². The summed E-state index contributed by atoms with van der Waals surface area (Å²) in [6.45, 7) is 1.66. The molecular formula is C13H11F2N3O2S. The minimum atomic E-state index is -0.913. The fraction of sp³-hybridized carbons (Fsp3) is 0.154. The third-order valence-corrected chi connectivity index (χ3v) is 3.03. The lowest BCUT2D eigenvalue weighted by Gasteiger charge is -2.09. The maximum atomic E-state index is 13.4. The Bertz CT molecular complexity index is 682. The van der Waals surface area contributed by atoms with Crippen molar-refractivity contribution in [2.75, 3.05) is 11.6 Å². The number of nitrogens with one attached hydrogen (secondary N) is 1. The van der Waals surface area contributed by atoms with Crippen LogP contribution in [0.2, 0.25) is 0 Å². The number of carbonyl (C=O) groups excluding carboxylic acids is 1. The second-order valence-corrected chi connectivity index (χ2v) is 4.72. The van der Waals surface area contributed by atoms with E-state index in [2.05, 4.69) is 15.3 Å². The number of hydrogen-bond acceptors (Lipinski definition) is 5. The predicted molar refractivity (Wildman–Crippen MR) is 74.6 cm³/mol. The van der Waals surface area contributed by atoms with Crippen molar-refractivity contribution in [2.45, 2.75) is 12.1 Å². The fourth-order valence-electron chi connectivity index (χ4n) is 1.46. The lowest BCUT2D eigenvalue weighted by Crippen LogP contribution is -2.18. The van der Waals surface area contributed by atoms with Crippen molar-refractivity contribution < 1.29 is 18.3 Å². The standard InChI is InChI=1S/C13H11F2N3O2S/c1-7-11(6-16-12(17-7)21-2)20-13(19)18-10-4-3-8(14)5-9(10)15/h3-6H,1-2H3,(H,18,19). The average molecular weight is 311 g/mol. The van der Waals surface area contributed by atoms with E-state index >= 15 is 0 Å². The number of aryl methyl sites for hydroxylation is 1. The summed E-state index contributed by atoms with van der Waals surface area (Å²) in [6, 6.07) is 2.80. The van der Waals surface area contributed by atoms with Crippen molar-refractivity contribution in [2.24, 2.45) is 0 Å². The molecular weight excluding hydrogens is 300 g/mol. The number of halogens is 2. The maximum absolute atomic E-state index is 13.4. The van der Waals surface area contributed by atoms with Crippen molar-refractivity contribution in [3.8, 4) is 5.75 Å². The van der Waals surface area contributed by atoms with Gasteiger partial charge in [-0.15, -0.1) is 0 Å². The lowest BCUT2D eigenvalue weighted by molar-refractivity contribution is 0.214. The normalized spacial score (nSPS) is 10.3. The second-order valence-electron chi connectivity index (χ2n) is 3.95. The molecule has 1 aromatic carbocycles. The minimum absolute atomic E-state index is 0.160. The number of amides is 1. The molecule has 0 radical (unpaired) electrons. The first-order valence-electron chi connectivity index (χ1n) is 5.81. The zero-order valence-electron chi connectivity index (χ0n) is 11.2. The molecule has 0 bridgehead atoms. The first-order chi connectivity index (χ1) is 9.99. The fourth-order valence-corrected chi connectivity index (χ4v) is 1.85. The van der Waals surface area contributed by atoms with Gasteiger partial charge >= 0.3 is 6.09 Å². The molecule has 2 aromatic rings. The topological polar surface area (TPSA) is 64.1 Å². The molecule has 1 N–H and O–H groups in total. The predicted octanol–water partition coefficient (Wildman–Crippen LogP) is 3.40. The van der Waals surface area contributed by atoms with Crippen molar-refractivity contribution >= 4 is 23.5 Å². The number of aromatic nitrogens is 2. The number of thioether (sulfide) groups is 1. The van der Waals surface area contributed by atoms with Crippen LogP contribution in [-0.2, 0) is 0 Å². The first-order valence-corrected chi connectivity index (χ1v) is 7.03. The highest BCUT2D eigenvalue weighted by molar-refractivity contribution is 7.98. The second kappa shape index (κ2) is 6.49. The number of hydrogen-bond donors (Lipinski definition) is 1. The van der Waals surface area contributed by atoms with E-state index in [0.29, 0.717) is 16.9 Å². The highest BCUT2D eigenvalue weighted by atomic mass is 32.2. The Hall–Kier alpha value is -2.22. The van der Waals surface area contributed by atoms with Crippen LogP contribution < -0.4 is 10.1 Å². The molecule has 0 unspecified atom stereocenters. The summed E-state index contributed by atoms with van der Waals surface area (Å²) in [4.78, 5) is 19.7. The number of rotatable bonds is 3. The molecule has 0 saturated heterocycles. The number of benzene rings is 1. The van der Waals surface area contributed by atoms with Crippen LogP contribution in [-0.4, -0.2) is 22.3 Å². The van der Waals surface area contributed by atoms with Gasteiger partial charge in [0.25, 0.3) is 0 Å². The van der Waals surface area contributed by atoms with Gasteiger partial charge in [-0.05, 0) is 25.3 Å². The zero-order chi connectivity index (χ0) is 15.4. The summed E-state index contributed by atoms with van der Waals surface area (Å²) in [7, 11) is 0. The lowest BCUT2D eigenvalue weighted by atomic mass is 10.3. The summed E-state index contributed by atoms with van der Waals surface area (Å²) < 4.78 is 31.1. The monoisotopic (exact) mass is 311 g/mol. The van der Waals surface area contributed by atoms with Gasteiger partial charge in [-0.3, -0.25) is 5.32 Å². The minimum Gasteiger partial charge on any atom is -0.406 e. The highest BCUT2D eigenvalue weighted by Gasteiger charge is 2.12. The molecule has 0 aliphatic carbocycles. The Morgan fingerprint density at radius 2 is 2.14 bits per heavy atom. The Labute approximate surface area is 123 Å². The van der Waals surface area contributed by atoms with E-state index in [1.54, 1.807) is 6.92 Å². The SMILES string of the molecule is CSc1ncc(OC(=O)Nc2ccc(F)cc2F)c(C)n1. The van der Waals surface area contributed by atoms with Crippen molar-refractivity contribution in [1.82, 2.24) is 9.97 Å². The quantitative estimate of drug-likeness (QED) is 0.695. The van der Waals surface area contributed by atoms with Crippen molar-refractivity contribution in [1.29, 1.82) is 0 Å². The summed E-state index contributed by atoms with van der Waals surface area (Å²) in [5, 5.41) is 2.72. The molecule has 1 heterocycles. The van der Waals surface area contributed by atoms with Gasteiger partial charge in [-0.1, -0.05) is 11.8 Å². The van der Waals surface area contributed by atoms with Gasteiger partial charge in [0.2, 0.25) is 0 Å². The zero-order valence-corrected chi connectivity index (χ0v) is 12.0. The summed E-state index contributed by atoms with van der Waals surface area (Å²) in [5.41, 5.74) is 0.296. The maximum Gasteiger partial charge on any atom is 0.417 e. The third-order valence-electron chi connectivity index (χ3n) is 2.47. The van der Waals surface area contributed by atoms with Crippen LogP contribution in [0.3, 0.4) is 0 Å². The van der Waals surface area contributed by atoms with Crippen LogP contribution in [0.4, 0.5) is 19.3 Å². The van der Waals surface area contributed by atoms with Crippen LogP contribution in [0.25, 0.3) is 0 Å². The smallest absolute Gasteiger partial charge is 0.406 e.